The van der Waals surface area contributed by atoms with Crippen LogP contribution in [0.1, 0.15) is 16.8 Å². The second-order valence-electron chi connectivity index (χ2n) is 7.30. The zero-order chi connectivity index (χ0) is 20.0. The van der Waals surface area contributed by atoms with Crippen molar-refractivity contribution in [3.05, 3.63) is 52.4 Å². The molecule has 0 radical (unpaired) electrons. The van der Waals surface area contributed by atoms with Crippen LogP contribution in [0.4, 0.5) is 0 Å². The van der Waals surface area contributed by atoms with E-state index in [1.165, 1.54) is 11.1 Å². The molecule has 1 aliphatic rings. The first kappa shape index (κ1) is 18.1. The van der Waals surface area contributed by atoms with Crippen LogP contribution in [0.2, 0.25) is 5.02 Å². The van der Waals surface area contributed by atoms with E-state index >= 15 is 0 Å². The van der Waals surface area contributed by atoms with Crippen LogP contribution in [0.5, 0.6) is 11.5 Å². The number of H-pyrrole nitrogens is 1. The SMILES string of the molecule is Cc1nn(C)cc1-c1nc2ncc(Cl)c(Oc3ccc4c(c3)CCNCC4)c2[nH]1. The van der Waals surface area contributed by atoms with Gasteiger partial charge in [0.25, 0.3) is 0 Å². The zero-order valence-electron chi connectivity index (χ0n) is 16.3. The molecule has 3 aromatic heterocycles. The Morgan fingerprint density at radius 1 is 1.17 bits per heavy atom. The number of hydrogen-bond donors (Lipinski definition) is 2. The molecular formula is C21H21ClN6O. The van der Waals surface area contributed by atoms with Crippen molar-refractivity contribution in [3.63, 3.8) is 0 Å². The Bertz CT molecular complexity index is 1210. The fourth-order valence-corrected chi connectivity index (χ4v) is 3.98. The summed E-state index contributed by atoms with van der Waals surface area (Å²) in [7, 11) is 1.89. The normalized spacial score (nSPS) is 14.0. The van der Waals surface area contributed by atoms with E-state index < -0.39 is 0 Å². The van der Waals surface area contributed by atoms with Gasteiger partial charge in [-0.3, -0.25) is 4.68 Å². The number of nitrogens with one attached hydrogen (secondary N) is 2. The van der Waals surface area contributed by atoms with Crippen LogP contribution in [-0.2, 0) is 19.9 Å². The maximum atomic E-state index is 6.45. The number of ether oxygens (including phenoxy) is 1. The molecule has 0 saturated carbocycles. The average molecular weight is 409 g/mol. The summed E-state index contributed by atoms with van der Waals surface area (Å²) >= 11 is 6.45. The van der Waals surface area contributed by atoms with Crippen LogP contribution in [0.3, 0.4) is 0 Å². The van der Waals surface area contributed by atoms with Crippen molar-refractivity contribution in [1.29, 1.82) is 0 Å². The van der Waals surface area contributed by atoms with Gasteiger partial charge in [-0.25, -0.2) is 9.97 Å². The third-order valence-corrected chi connectivity index (χ3v) is 5.51. The van der Waals surface area contributed by atoms with Gasteiger partial charge < -0.3 is 15.0 Å². The van der Waals surface area contributed by atoms with Crippen LogP contribution in [-0.4, -0.2) is 37.8 Å². The van der Waals surface area contributed by atoms with Gasteiger partial charge in [-0.2, -0.15) is 5.10 Å². The van der Waals surface area contributed by atoms with Crippen LogP contribution in [0.25, 0.3) is 22.6 Å². The van der Waals surface area contributed by atoms with E-state index in [0.717, 1.165) is 42.9 Å². The van der Waals surface area contributed by atoms with Gasteiger partial charge >= 0.3 is 0 Å². The highest BCUT2D eigenvalue weighted by Crippen LogP contribution is 2.36. The third kappa shape index (κ3) is 3.36. The van der Waals surface area contributed by atoms with Gasteiger partial charge in [-0.05, 0) is 56.1 Å². The van der Waals surface area contributed by atoms with Crippen LogP contribution in [0.15, 0.2) is 30.6 Å². The number of rotatable bonds is 3. The Kier molecular flexibility index (Phi) is 4.49. The van der Waals surface area contributed by atoms with Crippen LogP contribution >= 0.6 is 11.6 Å². The fraction of sp³-hybridized carbons (Fsp3) is 0.286. The first-order chi connectivity index (χ1) is 14.1. The Morgan fingerprint density at radius 2 is 2.00 bits per heavy atom. The minimum absolute atomic E-state index is 0.437. The molecule has 8 heteroatoms. The van der Waals surface area contributed by atoms with E-state index in [-0.39, 0.29) is 0 Å². The first-order valence-electron chi connectivity index (χ1n) is 9.63. The minimum Gasteiger partial charge on any atom is -0.453 e. The third-order valence-electron chi connectivity index (χ3n) is 5.24. The largest absolute Gasteiger partial charge is 0.453 e. The second-order valence-corrected chi connectivity index (χ2v) is 7.71. The number of halogens is 1. The number of fused-ring (bicyclic) bond motifs is 2. The van der Waals surface area contributed by atoms with Crippen molar-refractivity contribution in [2.75, 3.05) is 13.1 Å². The van der Waals surface area contributed by atoms with E-state index in [4.69, 9.17) is 16.3 Å². The van der Waals surface area contributed by atoms with Crippen molar-refractivity contribution in [2.45, 2.75) is 19.8 Å². The highest BCUT2D eigenvalue weighted by Gasteiger charge is 2.18. The molecule has 0 fully saturated rings. The average Bonchev–Trinajstić information content (AvgIpc) is 3.18. The molecule has 148 valence electrons. The van der Waals surface area contributed by atoms with Gasteiger partial charge in [0, 0.05) is 13.2 Å². The monoisotopic (exact) mass is 408 g/mol. The molecule has 1 aliphatic heterocycles. The van der Waals surface area contributed by atoms with E-state index in [9.17, 15) is 0 Å². The lowest BCUT2D eigenvalue weighted by Crippen LogP contribution is -2.16. The number of aromatic amines is 1. The number of pyridine rings is 1. The van der Waals surface area contributed by atoms with E-state index in [1.54, 1.807) is 10.9 Å². The summed E-state index contributed by atoms with van der Waals surface area (Å²) in [5.41, 5.74) is 5.72. The van der Waals surface area contributed by atoms with Gasteiger partial charge in [0.1, 0.15) is 22.1 Å². The summed E-state index contributed by atoms with van der Waals surface area (Å²) in [5, 5.41) is 8.26. The van der Waals surface area contributed by atoms with Gasteiger partial charge in [0.05, 0.1) is 17.5 Å². The molecule has 4 aromatic rings. The summed E-state index contributed by atoms with van der Waals surface area (Å²) in [6.07, 6.45) is 5.52. The summed E-state index contributed by atoms with van der Waals surface area (Å²) < 4.78 is 7.99. The predicted molar refractivity (Wildman–Crippen MR) is 113 cm³/mol. The Hall–Kier alpha value is -2.90. The summed E-state index contributed by atoms with van der Waals surface area (Å²) in [6.45, 7) is 3.94. The van der Waals surface area contributed by atoms with Gasteiger partial charge in [0.2, 0.25) is 0 Å². The molecule has 2 N–H and O–H groups in total. The fourth-order valence-electron chi connectivity index (χ4n) is 3.80. The smallest absolute Gasteiger partial charge is 0.182 e. The lowest BCUT2D eigenvalue weighted by molar-refractivity contribution is 0.486. The molecule has 0 spiro atoms. The minimum atomic E-state index is 0.437. The first-order valence-corrected chi connectivity index (χ1v) is 10.0. The molecule has 0 bridgehead atoms. The zero-order valence-corrected chi connectivity index (χ0v) is 17.0. The maximum Gasteiger partial charge on any atom is 0.182 e. The van der Waals surface area contributed by atoms with Gasteiger partial charge in [-0.1, -0.05) is 17.7 Å². The van der Waals surface area contributed by atoms with Gasteiger partial charge in [-0.15, -0.1) is 0 Å². The molecule has 0 amide bonds. The summed E-state index contributed by atoms with van der Waals surface area (Å²) in [6, 6.07) is 6.24. The standard InChI is InChI=1S/C21H21ClN6O/c1-12-16(11-28(2)27-12)20-25-18-19(17(22)10-24-21(18)26-20)29-15-4-3-13-5-7-23-8-6-14(13)9-15/h3-4,9-11,23H,5-8H2,1-2H3,(H,24,25,26). The molecule has 29 heavy (non-hydrogen) atoms. The quantitative estimate of drug-likeness (QED) is 0.539. The number of aromatic nitrogens is 5. The highest BCUT2D eigenvalue weighted by molar-refractivity contribution is 6.32. The van der Waals surface area contributed by atoms with Gasteiger partial charge in [0.15, 0.2) is 11.4 Å². The van der Waals surface area contributed by atoms with Crippen LogP contribution < -0.4 is 10.1 Å². The van der Waals surface area contributed by atoms with Crippen molar-refractivity contribution < 1.29 is 4.74 Å². The molecule has 0 unspecified atom stereocenters. The van der Waals surface area contributed by atoms with Crippen LogP contribution in [0, 0.1) is 6.92 Å². The Labute approximate surface area is 173 Å². The molecular weight excluding hydrogens is 388 g/mol. The molecule has 0 aliphatic carbocycles. The highest BCUT2D eigenvalue weighted by atomic mass is 35.5. The molecule has 0 saturated heterocycles. The molecule has 1 aromatic carbocycles. The van der Waals surface area contributed by atoms with Crippen molar-refractivity contribution >= 4 is 22.8 Å². The van der Waals surface area contributed by atoms with E-state index in [1.807, 2.05) is 26.2 Å². The number of nitrogens with zero attached hydrogens (tertiary/aromatic N) is 4. The lowest BCUT2D eigenvalue weighted by atomic mass is 10.0. The number of benzene rings is 1. The molecule has 7 nitrogen and oxygen atoms in total. The summed E-state index contributed by atoms with van der Waals surface area (Å²) in [4.78, 5) is 12.3. The molecule has 5 rings (SSSR count). The van der Waals surface area contributed by atoms with E-state index in [0.29, 0.717) is 27.8 Å². The van der Waals surface area contributed by atoms with Crippen molar-refractivity contribution in [1.82, 2.24) is 30.0 Å². The van der Waals surface area contributed by atoms with Crippen molar-refractivity contribution in [2.24, 2.45) is 7.05 Å². The number of imidazole rings is 1. The maximum absolute atomic E-state index is 6.45. The second kappa shape index (κ2) is 7.17. The topological polar surface area (TPSA) is 80.7 Å². The van der Waals surface area contributed by atoms with E-state index in [2.05, 4.69) is 37.5 Å². The number of hydrogen-bond acceptors (Lipinski definition) is 5. The molecule has 4 heterocycles. The Balaban J connectivity index is 1.55. The Morgan fingerprint density at radius 3 is 2.79 bits per heavy atom. The number of aryl methyl sites for hydroxylation is 2. The summed E-state index contributed by atoms with van der Waals surface area (Å²) in [5.74, 6) is 1.98. The molecule has 0 atom stereocenters. The lowest BCUT2D eigenvalue weighted by Gasteiger charge is -2.11. The van der Waals surface area contributed by atoms with Crippen molar-refractivity contribution in [3.8, 4) is 22.9 Å². The predicted octanol–water partition coefficient (Wildman–Crippen LogP) is 3.80.